The van der Waals surface area contributed by atoms with Crippen molar-refractivity contribution in [2.75, 3.05) is 12.4 Å². The summed E-state index contributed by atoms with van der Waals surface area (Å²) in [5.41, 5.74) is 0. The lowest BCUT2D eigenvalue weighted by Crippen LogP contribution is -2.46. The Hall–Kier alpha value is 0.540. The highest BCUT2D eigenvalue weighted by Crippen LogP contribution is 2.29. The minimum atomic E-state index is 0. The number of hydrogen-bond acceptors (Lipinski definition) is 1. The SMILES string of the molecule is Cl.ClCCN(C1CCCCC1)C1CCCCC1. The molecule has 2 fully saturated rings. The number of halogens is 2. The summed E-state index contributed by atoms with van der Waals surface area (Å²) in [6.45, 7) is 1.12. The van der Waals surface area contributed by atoms with Crippen LogP contribution in [0.15, 0.2) is 0 Å². The average molecular weight is 280 g/mol. The smallest absolute Gasteiger partial charge is 0.0351 e. The third-order valence-corrected chi connectivity index (χ3v) is 4.60. The van der Waals surface area contributed by atoms with Gasteiger partial charge in [0.1, 0.15) is 0 Å². The van der Waals surface area contributed by atoms with Crippen LogP contribution in [0.1, 0.15) is 64.2 Å². The largest absolute Gasteiger partial charge is 0.296 e. The zero-order valence-corrected chi connectivity index (χ0v) is 12.4. The van der Waals surface area contributed by atoms with E-state index >= 15 is 0 Å². The van der Waals surface area contributed by atoms with Gasteiger partial charge in [-0.2, -0.15) is 0 Å². The third kappa shape index (κ3) is 4.61. The second kappa shape index (κ2) is 8.61. The van der Waals surface area contributed by atoms with E-state index in [9.17, 15) is 0 Å². The molecular weight excluding hydrogens is 253 g/mol. The maximum absolute atomic E-state index is 5.99. The molecule has 17 heavy (non-hydrogen) atoms. The van der Waals surface area contributed by atoms with Crippen molar-refractivity contribution >= 4 is 24.0 Å². The lowest BCUT2D eigenvalue weighted by Gasteiger charge is -2.41. The molecule has 0 N–H and O–H groups in total. The molecule has 0 aromatic heterocycles. The summed E-state index contributed by atoms with van der Waals surface area (Å²) in [7, 11) is 0. The molecule has 2 rings (SSSR count). The van der Waals surface area contributed by atoms with Crippen molar-refractivity contribution in [1.82, 2.24) is 4.90 Å². The Morgan fingerprint density at radius 1 is 0.765 bits per heavy atom. The van der Waals surface area contributed by atoms with Crippen LogP contribution in [0.4, 0.5) is 0 Å². The molecule has 0 saturated heterocycles. The molecule has 0 bridgehead atoms. The molecule has 0 aromatic carbocycles. The number of nitrogens with zero attached hydrogens (tertiary/aromatic N) is 1. The van der Waals surface area contributed by atoms with Gasteiger partial charge in [-0.15, -0.1) is 24.0 Å². The Labute approximate surface area is 118 Å². The first-order valence-corrected chi connectivity index (χ1v) is 7.77. The van der Waals surface area contributed by atoms with E-state index in [1.54, 1.807) is 0 Å². The van der Waals surface area contributed by atoms with Crippen LogP contribution in [0.2, 0.25) is 0 Å². The number of rotatable bonds is 4. The van der Waals surface area contributed by atoms with E-state index < -0.39 is 0 Å². The second-order valence-corrected chi connectivity index (χ2v) is 5.89. The molecule has 2 saturated carbocycles. The number of alkyl halides is 1. The molecular formula is C14H27Cl2N. The summed E-state index contributed by atoms with van der Waals surface area (Å²) in [5.74, 6) is 0.812. The Balaban J connectivity index is 0.00000144. The van der Waals surface area contributed by atoms with Crippen molar-refractivity contribution in [3.05, 3.63) is 0 Å². The van der Waals surface area contributed by atoms with E-state index in [4.69, 9.17) is 11.6 Å². The molecule has 0 amide bonds. The Kier molecular flexibility index (Phi) is 7.90. The summed E-state index contributed by atoms with van der Waals surface area (Å²) in [6.07, 6.45) is 14.4. The van der Waals surface area contributed by atoms with Crippen molar-refractivity contribution < 1.29 is 0 Å². The highest BCUT2D eigenvalue weighted by molar-refractivity contribution is 6.18. The normalized spacial score (nSPS) is 23.6. The van der Waals surface area contributed by atoms with Crippen LogP contribution in [-0.2, 0) is 0 Å². The van der Waals surface area contributed by atoms with Crippen LogP contribution in [-0.4, -0.2) is 29.4 Å². The lowest BCUT2D eigenvalue weighted by molar-refractivity contribution is 0.0878. The Morgan fingerprint density at radius 2 is 1.18 bits per heavy atom. The van der Waals surface area contributed by atoms with E-state index in [1.807, 2.05) is 0 Å². The average Bonchev–Trinajstić information content (AvgIpc) is 2.38. The quantitative estimate of drug-likeness (QED) is 0.679. The van der Waals surface area contributed by atoms with Crippen LogP contribution in [0, 0.1) is 0 Å². The highest BCUT2D eigenvalue weighted by Gasteiger charge is 2.27. The second-order valence-electron chi connectivity index (χ2n) is 5.51. The van der Waals surface area contributed by atoms with Crippen molar-refractivity contribution in [3.63, 3.8) is 0 Å². The maximum atomic E-state index is 5.99. The van der Waals surface area contributed by atoms with E-state index in [-0.39, 0.29) is 12.4 Å². The first-order valence-electron chi connectivity index (χ1n) is 7.23. The molecule has 0 heterocycles. The van der Waals surface area contributed by atoms with Gasteiger partial charge in [-0.25, -0.2) is 0 Å². The first-order chi connectivity index (χ1) is 7.92. The molecule has 0 aliphatic heterocycles. The standard InChI is InChI=1S/C14H26ClN.ClH/c15-11-12-16(13-7-3-1-4-8-13)14-9-5-2-6-10-14;/h13-14H,1-12H2;1H. The zero-order chi connectivity index (χ0) is 11.2. The van der Waals surface area contributed by atoms with Gasteiger partial charge in [0.2, 0.25) is 0 Å². The fourth-order valence-electron chi connectivity index (χ4n) is 3.59. The third-order valence-electron chi connectivity index (χ3n) is 4.43. The van der Waals surface area contributed by atoms with Gasteiger partial charge in [0, 0.05) is 24.5 Å². The summed E-state index contributed by atoms with van der Waals surface area (Å²) >= 11 is 5.99. The van der Waals surface area contributed by atoms with Crippen molar-refractivity contribution in [2.24, 2.45) is 0 Å². The fraction of sp³-hybridized carbons (Fsp3) is 1.00. The predicted octanol–water partition coefficient (Wildman–Crippen LogP) is 4.61. The van der Waals surface area contributed by atoms with Crippen LogP contribution < -0.4 is 0 Å². The van der Waals surface area contributed by atoms with Crippen LogP contribution in [0.5, 0.6) is 0 Å². The Morgan fingerprint density at radius 3 is 1.53 bits per heavy atom. The molecule has 1 nitrogen and oxygen atoms in total. The lowest BCUT2D eigenvalue weighted by atomic mass is 9.89. The predicted molar refractivity (Wildman–Crippen MR) is 78.4 cm³/mol. The van der Waals surface area contributed by atoms with Gasteiger partial charge in [0.15, 0.2) is 0 Å². The topological polar surface area (TPSA) is 3.24 Å². The summed E-state index contributed by atoms with van der Waals surface area (Å²) in [4.78, 5) is 2.77. The molecule has 0 radical (unpaired) electrons. The van der Waals surface area contributed by atoms with Gasteiger partial charge in [0.25, 0.3) is 0 Å². The molecule has 0 spiro atoms. The minimum absolute atomic E-state index is 0. The van der Waals surface area contributed by atoms with Crippen molar-refractivity contribution in [2.45, 2.75) is 76.3 Å². The fourth-order valence-corrected chi connectivity index (χ4v) is 3.78. The molecule has 2 aliphatic carbocycles. The monoisotopic (exact) mass is 279 g/mol. The molecule has 0 aromatic rings. The minimum Gasteiger partial charge on any atom is -0.296 e. The maximum Gasteiger partial charge on any atom is 0.0351 e. The van der Waals surface area contributed by atoms with Crippen LogP contribution in [0.25, 0.3) is 0 Å². The van der Waals surface area contributed by atoms with E-state index in [2.05, 4.69) is 4.90 Å². The van der Waals surface area contributed by atoms with Gasteiger partial charge in [-0.05, 0) is 25.7 Å². The molecule has 102 valence electrons. The summed E-state index contributed by atoms with van der Waals surface area (Å²) in [6, 6.07) is 1.71. The number of hydrogen-bond donors (Lipinski definition) is 0. The van der Waals surface area contributed by atoms with Crippen molar-refractivity contribution in [1.29, 1.82) is 0 Å². The highest BCUT2D eigenvalue weighted by atomic mass is 35.5. The van der Waals surface area contributed by atoms with E-state index in [1.165, 1.54) is 64.2 Å². The van der Waals surface area contributed by atoms with Gasteiger partial charge < -0.3 is 0 Å². The molecule has 2 aliphatic rings. The van der Waals surface area contributed by atoms with Crippen molar-refractivity contribution in [3.8, 4) is 0 Å². The first kappa shape index (κ1) is 15.6. The van der Waals surface area contributed by atoms with Gasteiger partial charge >= 0.3 is 0 Å². The van der Waals surface area contributed by atoms with Gasteiger partial charge in [0.05, 0.1) is 0 Å². The summed E-state index contributed by atoms with van der Waals surface area (Å²) < 4.78 is 0. The van der Waals surface area contributed by atoms with E-state index in [0.717, 1.165) is 24.5 Å². The van der Waals surface area contributed by atoms with Gasteiger partial charge in [-0.1, -0.05) is 38.5 Å². The Bertz CT molecular complexity index is 169. The summed E-state index contributed by atoms with van der Waals surface area (Å²) in [5, 5.41) is 0. The molecule has 0 unspecified atom stereocenters. The van der Waals surface area contributed by atoms with Gasteiger partial charge in [-0.3, -0.25) is 4.90 Å². The zero-order valence-electron chi connectivity index (χ0n) is 10.9. The molecule has 0 atom stereocenters. The molecule has 3 heteroatoms. The van der Waals surface area contributed by atoms with E-state index in [0.29, 0.717) is 0 Å². The van der Waals surface area contributed by atoms with Crippen LogP contribution in [0.3, 0.4) is 0 Å². The van der Waals surface area contributed by atoms with Crippen LogP contribution >= 0.6 is 24.0 Å².